The molecule has 0 atom stereocenters. The topological polar surface area (TPSA) is 67.7 Å². The lowest BCUT2D eigenvalue weighted by Crippen LogP contribution is -2.57. The van der Waals surface area contributed by atoms with Crippen molar-refractivity contribution in [2.75, 3.05) is 13.2 Å². The Balaban J connectivity index is 2.60. The molecule has 1 aromatic rings. The molecule has 1 aliphatic rings. The molecular weight excluding hydrogens is 280 g/mol. The molecule has 0 unspecified atom stereocenters. The van der Waals surface area contributed by atoms with Gasteiger partial charge in [-0.1, -0.05) is 6.07 Å². The van der Waals surface area contributed by atoms with Crippen molar-refractivity contribution in [2.45, 2.75) is 39.3 Å². The van der Waals surface area contributed by atoms with E-state index in [0.717, 1.165) is 4.88 Å². The van der Waals surface area contributed by atoms with Crippen LogP contribution in [0.15, 0.2) is 17.5 Å². The van der Waals surface area contributed by atoms with E-state index in [-0.39, 0.29) is 13.2 Å². The quantitative estimate of drug-likeness (QED) is 0.475. The van der Waals surface area contributed by atoms with Gasteiger partial charge in [-0.05, 0) is 44.2 Å². The molecule has 0 bridgehead atoms. The van der Waals surface area contributed by atoms with Gasteiger partial charge in [-0.2, -0.15) is 0 Å². The molecule has 0 N–H and O–H groups in total. The van der Waals surface area contributed by atoms with Crippen molar-refractivity contribution in [2.24, 2.45) is 0 Å². The fraction of sp³-hybridized carbons (Fsp3) is 0.615. The molecule has 1 aromatic heterocycles. The maximum absolute atomic E-state index is 12.7. The summed E-state index contributed by atoms with van der Waals surface area (Å²) in [5, 5.41) is 27.9. The Bertz CT molecular complexity index is 492. The molecule has 2 heterocycles. The molecule has 0 saturated heterocycles. The third-order valence-electron chi connectivity index (χ3n) is 3.22. The maximum Gasteiger partial charge on any atom is 0.495 e. The van der Waals surface area contributed by atoms with Crippen molar-refractivity contribution in [1.82, 2.24) is 5.06 Å². The van der Waals surface area contributed by atoms with Crippen LogP contribution in [0, 0.1) is 5.21 Å². The lowest BCUT2D eigenvalue weighted by Gasteiger charge is -2.31. The smallest absolute Gasteiger partial charge is 0.495 e. The molecule has 2 rings (SSSR count). The second-order valence-electron chi connectivity index (χ2n) is 4.89. The number of hydrogen-bond acceptors (Lipinski definition) is 5. The number of ether oxygens (including phenoxy) is 2. The van der Waals surface area contributed by atoms with Gasteiger partial charge in [0.05, 0.1) is 18.1 Å². The maximum atomic E-state index is 12.7. The summed E-state index contributed by atoms with van der Waals surface area (Å²) in [4.78, 5) is 0.743. The van der Waals surface area contributed by atoms with E-state index < -0.39 is 11.6 Å². The van der Waals surface area contributed by atoms with Gasteiger partial charge in [-0.25, -0.2) is 0 Å². The van der Waals surface area contributed by atoms with E-state index >= 15 is 0 Å². The Morgan fingerprint density at radius 3 is 2.40 bits per heavy atom. The summed E-state index contributed by atoms with van der Waals surface area (Å²) in [6.45, 7) is 7.23. The van der Waals surface area contributed by atoms with Crippen LogP contribution >= 0.6 is 11.3 Å². The summed E-state index contributed by atoms with van der Waals surface area (Å²) in [6, 6.07) is 1.72. The van der Waals surface area contributed by atoms with E-state index in [1.165, 1.54) is 11.3 Å². The van der Waals surface area contributed by atoms with Gasteiger partial charge in [0.25, 0.3) is 0 Å². The Morgan fingerprint density at radius 2 is 1.95 bits per heavy atom. The van der Waals surface area contributed by atoms with Crippen molar-refractivity contribution in [1.29, 1.82) is 0 Å². The standard InChI is InChI=1S/C13H19N2O4S/c1-5-18-13(19-6-2)14(16)11(10-8-7-9-20-10)12(3,4)15(13)17/h7-9H,5-6H2,1-4H3. The van der Waals surface area contributed by atoms with Gasteiger partial charge in [0.2, 0.25) is 5.71 Å². The van der Waals surface area contributed by atoms with Gasteiger partial charge in [0.15, 0.2) is 0 Å². The monoisotopic (exact) mass is 299 g/mol. The summed E-state index contributed by atoms with van der Waals surface area (Å²) in [5.41, 5.74) is -0.666. The van der Waals surface area contributed by atoms with Crippen molar-refractivity contribution in [3.63, 3.8) is 0 Å². The molecule has 20 heavy (non-hydrogen) atoms. The number of nitrogens with zero attached hydrogens (tertiary/aromatic N) is 2. The first-order chi connectivity index (χ1) is 9.41. The summed E-state index contributed by atoms with van der Waals surface area (Å²) in [6.07, 6.45) is 0. The van der Waals surface area contributed by atoms with E-state index in [4.69, 9.17) is 9.47 Å². The molecule has 7 heteroatoms. The predicted octanol–water partition coefficient (Wildman–Crippen LogP) is 2.17. The molecule has 0 amide bonds. The molecular formula is C13H19N2O4S. The minimum absolute atomic E-state index is 0.200. The largest absolute Gasteiger partial charge is 0.618 e. The van der Waals surface area contributed by atoms with Crippen LogP contribution in [-0.2, 0) is 14.7 Å². The van der Waals surface area contributed by atoms with E-state index in [1.54, 1.807) is 27.7 Å². The van der Waals surface area contributed by atoms with Crippen LogP contribution in [0.3, 0.4) is 0 Å². The molecule has 0 saturated carbocycles. The molecule has 6 nitrogen and oxygen atoms in total. The van der Waals surface area contributed by atoms with E-state index in [1.807, 2.05) is 17.5 Å². The number of rotatable bonds is 5. The third-order valence-corrected chi connectivity index (χ3v) is 4.10. The lowest BCUT2D eigenvalue weighted by molar-refractivity contribution is -0.727. The van der Waals surface area contributed by atoms with Crippen molar-refractivity contribution >= 4 is 17.0 Å². The molecule has 1 radical (unpaired) electrons. The summed E-state index contributed by atoms with van der Waals surface area (Å²) >= 11 is 1.41. The lowest BCUT2D eigenvalue weighted by atomic mass is 9.98. The van der Waals surface area contributed by atoms with Gasteiger partial charge < -0.3 is 5.21 Å². The zero-order valence-corrected chi connectivity index (χ0v) is 12.9. The molecule has 0 fully saturated rings. The van der Waals surface area contributed by atoms with Gasteiger partial charge in [0, 0.05) is 0 Å². The van der Waals surface area contributed by atoms with Gasteiger partial charge in [0.1, 0.15) is 5.54 Å². The average Bonchev–Trinajstić information content (AvgIpc) is 2.94. The van der Waals surface area contributed by atoms with Crippen LogP contribution in [0.5, 0.6) is 0 Å². The summed E-state index contributed by atoms with van der Waals surface area (Å²) in [7, 11) is 0. The summed E-state index contributed by atoms with van der Waals surface area (Å²) < 4.78 is 11.4. The number of hydroxylamine groups is 3. The van der Waals surface area contributed by atoms with E-state index in [0.29, 0.717) is 15.5 Å². The Kier molecular flexibility index (Phi) is 4.17. The Hall–Kier alpha value is -0.990. The fourth-order valence-electron chi connectivity index (χ4n) is 2.39. The molecule has 0 aliphatic carbocycles. The zero-order valence-electron chi connectivity index (χ0n) is 12.1. The van der Waals surface area contributed by atoms with Crippen LogP contribution < -0.4 is 0 Å². The van der Waals surface area contributed by atoms with Crippen LogP contribution in [0.1, 0.15) is 32.6 Å². The third kappa shape index (κ3) is 2.06. The predicted molar refractivity (Wildman–Crippen MR) is 74.6 cm³/mol. The first-order valence-corrected chi connectivity index (χ1v) is 7.43. The van der Waals surface area contributed by atoms with Crippen LogP contribution in [-0.4, -0.2) is 40.3 Å². The first kappa shape index (κ1) is 15.4. The average molecular weight is 299 g/mol. The van der Waals surface area contributed by atoms with Crippen molar-refractivity contribution in [3.05, 3.63) is 27.6 Å². The minimum atomic E-state index is -1.94. The van der Waals surface area contributed by atoms with Gasteiger partial charge in [-0.3, -0.25) is 9.47 Å². The van der Waals surface area contributed by atoms with E-state index in [9.17, 15) is 10.4 Å². The highest BCUT2D eigenvalue weighted by Gasteiger charge is 2.66. The highest BCUT2D eigenvalue weighted by atomic mass is 32.1. The first-order valence-electron chi connectivity index (χ1n) is 6.55. The molecule has 111 valence electrons. The Labute approximate surface area is 122 Å². The van der Waals surface area contributed by atoms with Gasteiger partial charge >= 0.3 is 6.03 Å². The highest BCUT2D eigenvalue weighted by Crippen LogP contribution is 2.38. The number of thiophene rings is 1. The Morgan fingerprint density at radius 1 is 1.35 bits per heavy atom. The number of hydrogen-bond donors (Lipinski definition) is 0. The van der Waals surface area contributed by atoms with Gasteiger partial charge in [-0.15, -0.1) is 21.3 Å². The molecule has 0 aromatic carbocycles. The van der Waals surface area contributed by atoms with Crippen LogP contribution in [0.4, 0.5) is 0 Å². The minimum Gasteiger partial charge on any atom is -0.618 e. The van der Waals surface area contributed by atoms with Crippen LogP contribution in [0.25, 0.3) is 0 Å². The van der Waals surface area contributed by atoms with Crippen molar-refractivity contribution in [3.8, 4) is 0 Å². The second kappa shape index (κ2) is 5.42. The second-order valence-corrected chi connectivity index (χ2v) is 5.84. The summed E-state index contributed by atoms with van der Waals surface area (Å²) in [5.74, 6) is 0. The van der Waals surface area contributed by atoms with Crippen molar-refractivity contribution < 1.29 is 19.4 Å². The SMILES string of the molecule is CCOC1(OCC)N([O])C(C)(C)C(c2cccs2)=[N+]1[O-]. The normalized spacial score (nSPS) is 21.6. The molecule has 1 aliphatic heterocycles. The highest BCUT2D eigenvalue weighted by molar-refractivity contribution is 7.12. The molecule has 0 spiro atoms. The fourth-order valence-corrected chi connectivity index (χ4v) is 3.29. The van der Waals surface area contributed by atoms with E-state index in [2.05, 4.69) is 0 Å². The zero-order chi connectivity index (χ0) is 15.0. The van der Waals surface area contributed by atoms with Crippen LogP contribution in [0.2, 0.25) is 0 Å².